The van der Waals surface area contributed by atoms with Crippen molar-refractivity contribution in [1.29, 1.82) is 0 Å². The zero-order valence-electron chi connectivity index (χ0n) is 7.46. The van der Waals surface area contributed by atoms with Gasteiger partial charge in [0.1, 0.15) is 0 Å². The highest BCUT2D eigenvalue weighted by Gasteiger charge is 2.12. The fourth-order valence-electron chi connectivity index (χ4n) is 1.18. The van der Waals surface area contributed by atoms with Gasteiger partial charge in [0.15, 0.2) is 5.69 Å². The normalized spacial score (nSPS) is 10.2. The molecule has 0 aliphatic heterocycles. The summed E-state index contributed by atoms with van der Waals surface area (Å²) in [7, 11) is 0. The van der Waals surface area contributed by atoms with E-state index in [1.54, 1.807) is 24.3 Å². The van der Waals surface area contributed by atoms with Crippen LogP contribution >= 0.6 is 11.6 Å². The minimum absolute atomic E-state index is 0.00253. The first kappa shape index (κ1) is 9.67. The first-order valence-electron chi connectivity index (χ1n) is 4.08. The Kier molecular flexibility index (Phi) is 2.39. The van der Waals surface area contributed by atoms with Crippen molar-refractivity contribution in [1.82, 2.24) is 15.0 Å². The molecule has 2 rings (SSSR count). The summed E-state index contributed by atoms with van der Waals surface area (Å²) >= 11 is 5.78. The van der Waals surface area contributed by atoms with E-state index < -0.39 is 5.97 Å². The second-order valence-electron chi connectivity index (χ2n) is 2.82. The molecule has 1 N–H and O–H groups in total. The summed E-state index contributed by atoms with van der Waals surface area (Å²) in [4.78, 5) is 10.8. The Bertz CT molecular complexity index is 510. The molecule has 0 aliphatic rings. The number of carboxylic acid groups (broad SMARTS) is 1. The molecule has 5 nitrogen and oxygen atoms in total. The van der Waals surface area contributed by atoms with Crippen molar-refractivity contribution in [3.05, 3.63) is 41.2 Å². The lowest BCUT2D eigenvalue weighted by molar-refractivity contribution is 0.0687. The number of hydrogen-bond acceptors (Lipinski definition) is 3. The molecule has 1 aromatic heterocycles. The predicted molar refractivity (Wildman–Crippen MR) is 53.3 cm³/mol. The zero-order chi connectivity index (χ0) is 10.8. The number of benzene rings is 1. The Balaban J connectivity index is 2.54. The van der Waals surface area contributed by atoms with Crippen molar-refractivity contribution in [3.63, 3.8) is 0 Å². The third-order valence-corrected chi connectivity index (χ3v) is 2.06. The highest BCUT2D eigenvalue weighted by molar-refractivity contribution is 6.30. The van der Waals surface area contributed by atoms with Gasteiger partial charge in [-0.3, -0.25) is 0 Å². The van der Waals surface area contributed by atoms with Crippen LogP contribution in [0.2, 0.25) is 5.02 Å². The lowest BCUT2D eigenvalue weighted by Gasteiger charge is -2.02. The minimum Gasteiger partial charge on any atom is -0.476 e. The van der Waals surface area contributed by atoms with E-state index >= 15 is 0 Å². The highest BCUT2D eigenvalue weighted by atomic mass is 35.5. The second-order valence-corrected chi connectivity index (χ2v) is 3.25. The van der Waals surface area contributed by atoms with E-state index in [1.807, 2.05) is 0 Å². The SMILES string of the molecule is O=C(O)c1cnnn1-c1cccc(Cl)c1. The maximum Gasteiger partial charge on any atom is 0.356 e. The number of carbonyl (C=O) groups is 1. The summed E-state index contributed by atoms with van der Waals surface area (Å²) in [6.45, 7) is 0. The third kappa shape index (κ3) is 1.82. The van der Waals surface area contributed by atoms with E-state index in [-0.39, 0.29) is 5.69 Å². The molecule has 0 saturated carbocycles. The van der Waals surface area contributed by atoms with Crippen molar-refractivity contribution >= 4 is 17.6 Å². The smallest absolute Gasteiger partial charge is 0.356 e. The number of hydrogen-bond donors (Lipinski definition) is 1. The lowest BCUT2D eigenvalue weighted by atomic mass is 10.3. The molecular weight excluding hydrogens is 218 g/mol. The molecule has 0 saturated heterocycles. The largest absolute Gasteiger partial charge is 0.476 e. The molecule has 15 heavy (non-hydrogen) atoms. The Labute approximate surface area is 89.9 Å². The highest BCUT2D eigenvalue weighted by Crippen LogP contribution is 2.15. The van der Waals surface area contributed by atoms with Gasteiger partial charge in [-0.25, -0.2) is 9.48 Å². The van der Waals surface area contributed by atoms with Gasteiger partial charge in [0.2, 0.25) is 0 Å². The van der Waals surface area contributed by atoms with Gasteiger partial charge in [-0.1, -0.05) is 22.9 Å². The van der Waals surface area contributed by atoms with Crippen molar-refractivity contribution in [2.75, 3.05) is 0 Å². The summed E-state index contributed by atoms with van der Waals surface area (Å²) in [5.41, 5.74) is 0.565. The summed E-state index contributed by atoms with van der Waals surface area (Å²) in [5, 5.41) is 16.6. The summed E-state index contributed by atoms with van der Waals surface area (Å²) in [5.74, 6) is -1.08. The van der Waals surface area contributed by atoms with Gasteiger partial charge in [-0.15, -0.1) is 5.10 Å². The second kappa shape index (κ2) is 3.70. The van der Waals surface area contributed by atoms with Gasteiger partial charge in [-0.05, 0) is 18.2 Å². The molecule has 0 atom stereocenters. The average molecular weight is 224 g/mol. The van der Waals surface area contributed by atoms with Crippen LogP contribution in [0.4, 0.5) is 0 Å². The third-order valence-electron chi connectivity index (χ3n) is 1.82. The molecule has 1 heterocycles. The molecule has 0 radical (unpaired) electrons. The van der Waals surface area contributed by atoms with Crippen LogP contribution in [0.15, 0.2) is 30.5 Å². The van der Waals surface area contributed by atoms with Crippen molar-refractivity contribution in [3.8, 4) is 5.69 Å². The Morgan fingerprint density at radius 2 is 2.27 bits per heavy atom. The molecule has 0 aliphatic carbocycles. The van der Waals surface area contributed by atoms with E-state index in [0.717, 1.165) is 0 Å². The summed E-state index contributed by atoms with van der Waals surface area (Å²) in [6.07, 6.45) is 1.18. The molecular formula is C9H6ClN3O2. The molecule has 2 aromatic rings. The van der Waals surface area contributed by atoms with Crippen molar-refractivity contribution in [2.24, 2.45) is 0 Å². The van der Waals surface area contributed by atoms with Crippen LogP contribution in [-0.4, -0.2) is 26.1 Å². The molecule has 0 unspecified atom stereocenters. The van der Waals surface area contributed by atoms with Crippen LogP contribution in [0, 0.1) is 0 Å². The molecule has 1 aromatic carbocycles. The van der Waals surface area contributed by atoms with E-state index in [4.69, 9.17) is 16.7 Å². The monoisotopic (exact) mass is 223 g/mol. The maximum atomic E-state index is 10.8. The number of aromatic carboxylic acids is 1. The minimum atomic E-state index is -1.08. The molecule has 76 valence electrons. The van der Waals surface area contributed by atoms with Crippen molar-refractivity contribution in [2.45, 2.75) is 0 Å². The lowest BCUT2D eigenvalue weighted by Crippen LogP contribution is -2.07. The van der Waals surface area contributed by atoms with Crippen molar-refractivity contribution < 1.29 is 9.90 Å². The van der Waals surface area contributed by atoms with Gasteiger partial charge >= 0.3 is 5.97 Å². The molecule has 6 heteroatoms. The Morgan fingerprint density at radius 3 is 2.93 bits per heavy atom. The van der Waals surface area contributed by atoms with Gasteiger partial charge in [-0.2, -0.15) is 0 Å². The number of halogens is 1. The first-order chi connectivity index (χ1) is 7.18. The predicted octanol–water partition coefficient (Wildman–Crippen LogP) is 1.62. The number of carboxylic acids is 1. The van der Waals surface area contributed by atoms with Gasteiger partial charge in [0.05, 0.1) is 11.9 Å². The van der Waals surface area contributed by atoms with Crippen LogP contribution in [0.3, 0.4) is 0 Å². The fourth-order valence-corrected chi connectivity index (χ4v) is 1.36. The zero-order valence-corrected chi connectivity index (χ0v) is 8.22. The quantitative estimate of drug-likeness (QED) is 0.840. The van der Waals surface area contributed by atoms with Crippen LogP contribution in [0.5, 0.6) is 0 Å². The number of rotatable bonds is 2. The maximum absolute atomic E-state index is 10.8. The van der Waals surface area contributed by atoms with E-state index in [9.17, 15) is 4.79 Å². The van der Waals surface area contributed by atoms with E-state index in [1.165, 1.54) is 10.9 Å². The molecule has 0 amide bonds. The standard InChI is InChI=1S/C9H6ClN3O2/c10-6-2-1-3-7(4-6)13-8(9(14)15)5-11-12-13/h1-5H,(H,14,15). The molecule has 0 bridgehead atoms. The first-order valence-corrected chi connectivity index (χ1v) is 4.46. The van der Waals surface area contributed by atoms with Crippen LogP contribution in [-0.2, 0) is 0 Å². The summed E-state index contributed by atoms with van der Waals surface area (Å²) < 4.78 is 1.22. The summed E-state index contributed by atoms with van der Waals surface area (Å²) in [6, 6.07) is 6.73. The van der Waals surface area contributed by atoms with Crippen LogP contribution in [0.1, 0.15) is 10.5 Å². The van der Waals surface area contributed by atoms with Crippen LogP contribution in [0.25, 0.3) is 5.69 Å². The fraction of sp³-hybridized carbons (Fsp3) is 0. The Morgan fingerprint density at radius 1 is 1.47 bits per heavy atom. The van der Waals surface area contributed by atoms with E-state index in [2.05, 4.69) is 10.3 Å². The van der Waals surface area contributed by atoms with Gasteiger partial charge in [0, 0.05) is 5.02 Å². The number of nitrogens with zero attached hydrogens (tertiary/aromatic N) is 3. The van der Waals surface area contributed by atoms with Gasteiger partial charge in [0.25, 0.3) is 0 Å². The molecule has 0 spiro atoms. The topological polar surface area (TPSA) is 68.0 Å². The average Bonchev–Trinajstić information content (AvgIpc) is 2.65. The Hall–Kier alpha value is -1.88. The molecule has 0 fully saturated rings. The number of aromatic nitrogens is 3. The van der Waals surface area contributed by atoms with Crippen LogP contribution < -0.4 is 0 Å². The van der Waals surface area contributed by atoms with E-state index in [0.29, 0.717) is 10.7 Å². The van der Waals surface area contributed by atoms with Gasteiger partial charge < -0.3 is 5.11 Å².